The monoisotopic (exact) mass is 178 g/mol. The van der Waals surface area contributed by atoms with E-state index in [1.54, 1.807) is 0 Å². The molecule has 13 heavy (non-hydrogen) atoms. The Morgan fingerprint density at radius 1 is 1.85 bits per heavy atom. The molecule has 0 saturated carbocycles. The molecule has 0 saturated heterocycles. The van der Waals surface area contributed by atoms with Gasteiger partial charge in [0.1, 0.15) is 0 Å². The van der Waals surface area contributed by atoms with E-state index in [0.717, 1.165) is 31.4 Å². The first kappa shape index (κ1) is 9.79. The molecule has 0 spiro atoms. The molecular weight excluding hydrogens is 164 g/mol. The summed E-state index contributed by atoms with van der Waals surface area (Å²) in [7, 11) is 0. The van der Waals surface area contributed by atoms with Gasteiger partial charge in [-0.3, -0.25) is 4.79 Å². The van der Waals surface area contributed by atoms with E-state index in [1.807, 2.05) is 6.08 Å². The van der Waals surface area contributed by atoms with Gasteiger partial charge in [0.15, 0.2) is 0 Å². The highest BCUT2D eigenvalue weighted by molar-refractivity contribution is 5.72. The predicted molar refractivity (Wildman–Crippen MR) is 49.7 cm³/mol. The fourth-order valence-corrected chi connectivity index (χ4v) is 1.46. The van der Waals surface area contributed by atoms with Crippen LogP contribution in [0.15, 0.2) is 11.6 Å². The van der Waals surface area contributed by atoms with Crippen LogP contribution in [0.3, 0.4) is 0 Å². The molecule has 0 bridgehead atoms. The summed E-state index contributed by atoms with van der Waals surface area (Å²) in [5.41, 5.74) is 0.888. The predicted octanol–water partition coefficient (Wildman–Crippen LogP) is 1.37. The van der Waals surface area contributed by atoms with E-state index in [9.17, 15) is 4.79 Å². The molecule has 0 aromatic heterocycles. The second-order valence-corrected chi connectivity index (χ2v) is 3.42. The minimum atomic E-state index is 0.0232. The number of nitrogens with zero attached hydrogens (tertiary/aromatic N) is 1. The number of hydrogen-bond donors (Lipinski definition) is 1. The number of carbonyl (C=O) groups is 1. The molecule has 1 rings (SSSR count). The molecular formula is C10H14N2O. The Balaban J connectivity index is 2.30. The van der Waals surface area contributed by atoms with Gasteiger partial charge in [-0.05, 0) is 25.2 Å². The summed E-state index contributed by atoms with van der Waals surface area (Å²) in [6.07, 6.45) is 4.78. The lowest BCUT2D eigenvalue weighted by Crippen LogP contribution is -2.27. The molecule has 1 unspecified atom stereocenters. The zero-order chi connectivity index (χ0) is 9.68. The number of amides is 1. The Morgan fingerprint density at radius 3 is 3.08 bits per heavy atom. The first-order valence-corrected chi connectivity index (χ1v) is 4.56. The van der Waals surface area contributed by atoms with Crippen molar-refractivity contribution >= 4 is 5.91 Å². The fourth-order valence-electron chi connectivity index (χ4n) is 1.46. The van der Waals surface area contributed by atoms with Crippen molar-refractivity contribution < 1.29 is 4.79 Å². The van der Waals surface area contributed by atoms with E-state index in [2.05, 4.69) is 11.4 Å². The van der Waals surface area contributed by atoms with Crippen LogP contribution in [0.2, 0.25) is 0 Å². The van der Waals surface area contributed by atoms with Crippen LogP contribution in [0, 0.1) is 17.2 Å². The SMILES string of the molecule is CC(=O)NCC1CC=C(C#N)CC1. The maximum Gasteiger partial charge on any atom is 0.216 e. The van der Waals surface area contributed by atoms with Crippen LogP contribution in [0.1, 0.15) is 26.2 Å². The summed E-state index contributed by atoms with van der Waals surface area (Å²) < 4.78 is 0. The zero-order valence-electron chi connectivity index (χ0n) is 7.84. The van der Waals surface area contributed by atoms with E-state index in [1.165, 1.54) is 6.92 Å². The van der Waals surface area contributed by atoms with Crippen LogP contribution < -0.4 is 5.32 Å². The highest BCUT2D eigenvalue weighted by Gasteiger charge is 2.13. The Hall–Kier alpha value is -1.30. The second kappa shape index (κ2) is 4.66. The Bertz CT molecular complexity index is 263. The number of nitriles is 1. The van der Waals surface area contributed by atoms with Gasteiger partial charge in [-0.1, -0.05) is 6.08 Å². The van der Waals surface area contributed by atoms with Crippen LogP contribution in [0.25, 0.3) is 0 Å². The van der Waals surface area contributed by atoms with Gasteiger partial charge in [0.05, 0.1) is 6.07 Å². The number of rotatable bonds is 2. The van der Waals surface area contributed by atoms with Gasteiger partial charge in [0.25, 0.3) is 0 Å². The zero-order valence-corrected chi connectivity index (χ0v) is 7.84. The minimum absolute atomic E-state index is 0.0232. The summed E-state index contributed by atoms with van der Waals surface area (Å²) in [5.74, 6) is 0.538. The quantitative estimate of drug-likeness (QED) is 0.694. The van der Waals surface area contributed by atoms with E-state index in [4.69, 9.17) is 5.26 Å². The normalized spacial score (nSPS) is 21.5. The number of hydrogen-bond acceptors (Lipinski definition) is 2. The molecule has 0 aromatic carbocycles. The van der Waals surface area contributed by atoms with Crippen molar-refractivity contribution in [2.45, 2.75) is 26.2 Å². The van der Waals surface area contributed by atoms with Crippen molar-refractivity contribution in [1.82, 2.24) is 5.32 Å². The molecule has 3 heteroatoms. The first-order chi connectivity index (χ1) is 6.22. The average molecular weight is 178 g/mol. The van der Waals surface area contributed by atoms with Crippen molar-refractivity contribution in [3.8, 4) is 6.07 Å². The van der Waals surface area contributed by atoms with E-state index < -0.39 is 0 Å². The maximum atomic E-state index is 10.6. The van der Waals surface area contributed by atoms with Crippen molar-refractivity contribution in [2.24, 2.45) is 5.92 Å². The van der Waals surface area contributed by atoms with Gasteiger partial charge in [-0.25, -0.2) is 0 Å². The van der Waals surface area contributed by atoms with E-state index in [-0.39, 0.29) is 5.91 Å². The maximum absolute atomic E-state index is 10.6. The van der Waals surface area contributed by atoms with Crippen LogP contribution >= 0.6 is 0 Å². The van der Waals surface area contributed by atoms with Crippen LogP contribution in [0.5, 0.6) is 0 Å². The molecule has 70 valence electrons. The van der Waals surface area contributed by atoms with Crippen LogP contribution in [-0.2, 0) is 4.79 Å². The summed E-state index contributed by atoms with van der Waals surface area (Å²) in [5, 5.41) is 11.4. The molecule has 0 heterocycles. The van der Waals surface area contributed by atoms with Crippen LogP contribution in [-0.4, -0.2) is 12.5 Å². The third-order valence-electron chi connectivity index (χ3n) is 2.30. The topological polar surface area (TPSA) is 52.9 Å². The Labute approximate surface area is 78.4 Å². The third-order valence-corrected chi connectivity index (χ3v) is 2.30. The molecule has 1 amide bonds. The van der Waals surface area contributed by atoms with Gasteiger partial charge < -0.3 is 5.32 Å². The van der Waals surface area contributed by atoms with Gasteiger partial charge in [-0.15, -0.1) is 0 Å². The van der Waals surface area contributed by atoms with Crippen molar-refractivity contribution in [1.29, 1.82) is 5.26 Å². The lowest BCUT2D eigenvalue weighted by atomic mass is 9.90. The molecule has 0 aliphatic heterocycles. The van der Waals surface area contributed by atoms with E-state index in [0.29, 0.717) is 5.92 Å². The van der Waals surface area contributed by atoms with Crippen molar-refractivity contribution in [2.75, 3.05) is 6.54 Å². The van der Waals surface area contributed by atoms with Crippen LogP contribution in [0.4, 0.5) is 0 Å². The van der Waals surface area contributed by atoms with Gasteiger partial charge >= 0.3 is 0 Å². The van der Waals surface area contributed by atoms with Gasteiger partial charge in [-0.2, -0.15) is 5.26 Å². The highest BCUT2D eigenvalue weighted by atomic mass is 16.1. The number of allylic oxidation sites excluding steroid dienone is 2. The lowest BCUT2D eigenvalue weighted by Gasteiger charge is -2.19. The second-order valence-electron chi connectivity index (χ2n) is 3.42. The number of nitrogens with one attached hydrogen (secondary N) is 1. The first-order valence-electron chi connectivity index (χ1n) is 4.56. The third kappa shape index (κ3) is 3.29. The standard InChI is InChI=1S/C10H14N2O/c1-8(13)12-7-10-4-2-9(6-11)3-5-10/h2,10H,3-5,7H2,1H3,(H,12,13). The molecule has 1 aliphatic carbocycles. The molecule has 1 atom stereocenters. The molecule has 3 nitrogen and oxygen atoms in total. The lowest BCUT2D eigenvalue weighted by molar-refractivity contribution is -0.119. The molecule has 1 N–H and O–H groups in total. The Kier molecular flexibility index (Phi) is 3.51. The minimum Gasteiger partial charge on any atom is -0.356 e. The molecule has 0 radical (unpaired) electrons. The van der Waals surface area contributed by atoms with Crippen molar-refractivity contribution in [3.63, 3.8) is 0 Å². The van der Waals surface area contributed by atoms with Gasteiger partial charge in [0, 0.05) is 19.0 Å². The summed E-state index contributed by atoms with van der Waals surface area (Å²) >= 11 is 0. The van der Waals surface area contributed by atoms with E-state index >= 15 is 0 Å². The summed E-state index contributed by atoms with van der Waals surface area (Å²) in [6, 6.07) is 2.16. The van der Waals surface area contributed by atoms with Crippen molar-refractivity contribution in [3.05, 3.63) is 11.6 Å². The fraction of sp³-hybridized carbons (Fsp3) is 0.600. The largest absolute Gasteiger partial charge is 0.356 e. The molecule has 1 aliphatic rings. The Morgan fingerprint density at radius 2 is 2.62 bits per heavy atom. The highest BCUT2D eigenvalue weighted by Crippen LogP contribution is 2.22. The summed E-state index contributed by atoms with van der Waals surface area (Å²) in [6.45, 7) is 2.27. The van der Waals surface area contributed by atoms with Gasteiger partial charge in [0.2, 0.25) is 5.91 Å². The molecule has 0 aromatic rings. The smallest absolute Gasteiger partial charge is 0.216 e. The average Bonchev–Trinajstić information content (AvgIpc) is 2.15. The molecule has 0 fully saturated rings. The number of carbonyl (C=O) groups excluding carboxylic acids is 1. The summed E-state index contributed by atoms with van der Waals surface area (Å²) in [4.78, 5) is 10.6.